The average molecular weight is 969 g/mol. The largest absolute Gasteiger partial charge is 0.394 e. The number of aliphatic hydroxyl groups is 5. The molecule has 1 saturated heterocycles. The summed E-state index contributed by atoms with van der Waals surface area (Å²) in [6.45, 7) is 3.89. The van der Waals surface area contributed by atoms with E-state index in [0.717, 1.165) is 38.5 Å². The zero-order valence-electron chi connectivity index (χ0n) is 45.2. The molecule has 0 aromatic carbocycles. The molecule has 1 amide bonds. The molecule has 0 spiro atoms. The van der Waals surface area contributed by atoms with E-state index in [1.54, 1.807) is 0 Å². The van der Waals surface area contributed by atoms with Crippen LogP contribution in [0, 0.1) is 0 Å². The fourth-order valence-electron chi connectivity index (χ4n) is 10.2. The van der Waals surface area contributed by atoms with Gasteiger partial charge in [0, 0.05) is 6.42 Å². The molecule has 0 aromatic rings. The van der Waals surface area contributed by atoms with Gasteiger partial charge in [-0.25, -0.2) is 0 Å². The standard InChI is InChI=1S/C59H117NO8/c1-3-5-7-9-11-13-15-17-19-21-23-25-27-28-30-32-34-36-38-40-42-44-46-48-53(62)52(51-67-59-58(66)57(65)56(64)54(50-61)68-59)60-55(63)49-47-45-43-41-39-37-35-33-31-29-26-24-22-20-18-16-14-12-10-8-6-4-2/h52-54,56-59,61-62,64-66H,3-51H2,1-2H3,(H,60,63). The van der Waals surface area contributed by atoms with Crippen LogP contribution in [0.2, 0.25) is 0 Å². The molecular formula is C59H117NO8. The van der Waals surface area contributed by atoms with Crippen molar-refractivity contribution in [1.82, 2.24) is 5.32 Å². The van der Waals surface area contributed by atoms with Gasteiger partial charge >= 0.3 is 0 Å². The molecule has 0 saturated carbocycles. The summed E-state index contributed by atoms with van der Waals surface area (Å²) in [7, 11) is 0. The van der Waals surface area contributed by atoms with Gasteiger partial charge in [0.05, 0.1) is 25.4 Å². The third-order valence-electron chi connectivity index (χ3n) is 15.0. The van der Waals surface area contributed by atoms with Crippen LogP contribution >= 0.6 is 0 Å². The van der Waals surface area contributed by atoms with Crippen molar-refractivity contribution < 1.29 is 39.8 Å². The van der Waals surface area contributed by atoms with Gasteiger partial charge in [-0.3, -0.25) is 4.79 Å². The Balaban J connectivity index is 2.17. The quantitative estimate of drug-likeness (QED) is 0.0330. The predicted molar refractivity (Wildman–Crippen MR) is 286 cm³/mol. The monoisotopic (exact) mass is 968 g/mol. The molecule has 9 heteroatoms. The van der Waals surface area contributed by atoms with Crippen LogP contribution in [0.3, 0.4) is 0 Å². The predicted octanol–water partition coefficient (Wildman–Crippen LogP) is 15.0. The van der Waals surface area contributed by atoms with E-state index < -0.39 is 49.5 Å². The Kier molecular flexibility index (Phi) is 47.7. The first-order valence-corrected chi connectivity index (χ1v) is 30.2. The van der Waals surface area contributed by atoms with Crippen LogP contribution in [0.1, 0.15) is 316 Å². The summed E-state index contributed by atoms with van der Waals surface area (Å²) in [5.74, 6) is -0.135. The second-order valence-corrected chi connectivity index (χ2v) is 21.5. The number of ether oxygens (including phenoxy) is 2. The molecule has 68 heavy (non-hydrogen) atoms. The first-order valence-electron chi connectivity index (χ1n) is 30.2. The van der Waals surface area contributed by atoms with Crippen molar-refractivity contribution in [2.24, 2.45) is 0 Å². The number of aliphatic hydroxyl groups excluding tert-OH is 5. The van der Waals surface area contributed by atoms with E-state index in [1.807, 2.05) is 0 Å². The second-order valence-electron chi connectivity index (χ2n) is 21.5. The molecule has 1 aliphatic heterocycles. The first-order chi connectivity index (χ1) is 33.3. The fourth-order valence-corrected chi connectivity index (χ4v) is 10.2. The lowest BCUT2D eigenvalue weighted by atomic mass is 9.99. The summed E-state index contributed by atoms with van der Waals surface area (Å²) in [6.07, 6.45) is 52.8. The SMILES string of the molecule is CCCCCCCCCCCCCCCCCCCCCCCCCC(O)C(COC1OC(CO)C(O)C(O)C1O)NC(=O)CCCCCCCCCCCCCCCCCCCCCCCC. The van der Waals surface area contributed by atoms with Crippen LogP contribution in [-0.2, 0) is 14.3 Å². The third kappa shape index (κ3) is 38.8. The lowest BCUT2D eigenvalue weighted by molar-refractivity contribution is -0.302. The van der Waals surface area contributed by atoms with E-state index >= 15 is 0 Å². The minimum Gasteiger partial charge on any atom is -0.394 e. The van der Waals surface area contributed by atoms with Gasteiger partial charge in [-0.1, -0.05) is 296 Å². The van der Waals surface area contributed by atoms with Crippen LogP contribution in [0.25, 0.3) is 0 Å². The zero-order chi connectivity index (χ0) is 49.4. The van der Waals surface area contributed by atoms with Crippen LogP contribution in [0.5, 0.6) is 0 Å². The molecule has 0 radical (unpaired) electrons. The van der Waals surface area contributed by atoms with Crippen LogP contribution in [-0.4, -0.2) is 87.5 Å². The van der Waals surface area contributed by atoms with Crippen molar-refractivity contribution in [2.75, 3.05) is 13.2 Å². The minimum atomic E-state index is -1.55. The Hall–Kier alpha value is -0.810. The molecule has 0 aromatic heterocycles. The van der Waals surface area contributed by atoms with E-state index in [-0.39, 0.29) is 12.5 Å². The summed E-state index contributed by atoms with van der Waals surface area (Å²) in [4.78, 5) is 13.1. The Morgan fingerprint density at radius 3 is 1.04 bits per heavy atom. The fraction of sp³-hybridized carbons (Fsp3) is 0.983. The van der Waals surface area contributed by atoms with E-state index in [2.05, 4.69) is 19.2 Å². The molecule has 7 atom stereocenters. The van der Waals surface area contributed by atoms with Gasteiger partial charge in [0.1, 0.15) is 24.4 Å². The van der Waals surface area contributed by atoms with Crippen molar-refractivity contribution in [3.63, 3.8) is 0 Å². The van der Waals surface area contributed by atoms with Crippen LogP contribution < -0.4 is 5.32 Å². The third-order valence-corrected chi connectivity index (χ3v) is 15.0. The van der Waals surface area contributed by atoms with Crippen molar-refractivity contribution in [3.05, 3.63) is 0 Å². The van der Waals surface area contributed by atoms with Gasteiger partial charge in [0.15, 0.2) is 6.29 Å². The summed E-state index contributed by atoms with van der Waals surface area (Å²) >= 11 is 0. The van der Waals surface area contributed by atoms with Gasteiger partial charge in [-0.15, -0.1) is 0 Å². The molecule has 9 nitrogen and oxygen atoms in total. The normalized spacial score (nSPS) is 19.4. The molecule has 0 bridgehead atoms. The molecule has 406 valence electrons. The average Bonchev–Trinajstić information content (AvgIpc) is 3.34. The first kappa shape index (κ1) is 65.2. The molecule has 0 aliphatic carbocycles. The minimum absolute atomic E-state index is 0.131. The number of amides is 1. The topological polar surface area (TPSA) is 149 Å². The van der Waals surface area contributed by atoms with Crippen LogP contribution in [0.4, 0.5) is 0 Å². The number of rotatable bonds is 53. The Bertz CT molecular complexity index is 1030. The number of nitrogens with one attached hydrogen (secondary N) is 1. The summed E-state index contributed by atoms with van der Waals surface area (Å²) in [6, 6.07) is -0.714. The van der Waals surface area contributed by atoms with Gasteiger partial charge in [-0.05, 0) is 12.8 Å². The van der Waals surface area contributed by atoms with Crippen molar-refractivity contribution in [3.8, 4) is 0 Å². The van der Waals surface area contributed by atoms with Gasteiger partial charge in [0.25, 0.3) is 0 Å². The lowest BCUT2D eigenvalue weighted by Crippen LogP contribution is -2.60. The summed E-state index contributed by atoms with van der Waals surface area (Å²) in [5, 5.41) is 54.8. The van der Waals surface area contributed by atoms with E-state index in [9.17, 15) is 30.3 Å². The smallest absolute Gasteiger partial charge is 0.220 e. The highest BCUT2D eigenvalue weighted by atomic mass is 16.7. The number of hydrogen-bond acceptors (Lipinski definition) is 8. The number of carbonyl (C=O) groups is 1. The van der Waals surface area contributed by atoms with Gasteiger partial charge in [0.2, 0.25) is 5.91 Å². The highest BCUT2D eigenvalue weighted by Crippen LogP contribution is 2.24. The van der Waals surface area contributed by atoms with Crippen molar-refractivity contribution in [1.29, 1.82) is 0 Å². The maximum atomic E-state index is 13.1. The second kappa shape index (κ2) is 49.8. The van der Waals surface area contributed by atoms with Gasteiger partial charge < -0.3 is 40.3 Å². The molecule has 1 rings (SSSR count). The summed E-state index contributed by atoms with van der Waals surface area (Å²) < 4.78 is 11.3. The van der Waals surface area contributed by atoms with E-state index in [1.165, 1.54) is 250 Å². The van der Waals surface area contributed by atoms with Crippen molar-refractivity contribution >= 4 is 5.91 Å². The van der Waals surface area contributed by atoms with E-state index in [4.69, 9.17) is 9.47 Å². The lowest BCUT2D eigenvalue weighted by Gasteiger charge is -2.40. The Labute approximate surface area is 421 Å². The Morgan fingerprint density at radius 2 is 0.735 bits per heavy atom. The maximum absolute atomic E-state index is 13.1. The molecular weight excluding hydrogens is 851 g/mol. The Morgan fingerprint density at radius 1 is 0.441 bits per heavy atom. The maximum Gasteiger partial charge on any atom is 0.220 e. The molecule has 1 fully saturated rings. The molecule has 6 N–H and O–H groups in total. The molecule has 7 unspecified atom stereocenters. The highest BCUT2D eigenvalue weighted by Gasteiger charge is 2.44. The van der Waals surface area contributed by atoms with Gasteiger partial charge in [-0.2, -0.15) is 0 Å². The highest BCUT2D eigenvalue weighted by molar-refractivity contribution is 5.76. The zero-order valence-corrected chi connectivity index (χ0v) is 45.2. The summed E-state index contributed by atoms with van der Waals surface area (Å²) in [5.41, 5.74) is 0. The number of unbranched alkanes of at least 4 members (excludes halogenated alkanes) is 43. The van der Waals surface area contributed by atoms with Crippen molar-refractivity contribution in [2.45, 2.75) is 358 Å². The molecule has 1 heterocycles. The van der Waals surface area contributed by atoms with E-state index in [0.29, 0.717) is 12.8 Å². The number of carbonyl (C=O) groups excluding carboxylic acids is 1. The van der Waals surface area contributed by atoms with Crippen LogP contribution in [0.15, 0.2) is 0 Å². The molecule has 1 aliphatic rings. The number of hydrogen-bond donors (Lipinski definition) is 6.